The first-order chi connectivity index (χ1) is 13.6. The molecule has 0 radical (unpaired) electrons. The van der Waals surface area contributed by atoms with Crippen LogP contribution in [-0.4, -0.2) is 30.5 Å². The lowest BCUT2D eigenvalue weighted by Crippen LogP contribution is -2.37. The van der Waals surface area contributed by atoms with Crippen LogP contribution in [0.3, 0.4) is 0 Å². The van der Waals surface area contributed by atoms with E-state index >= 15 is 0 Å². The molecule has 150 valence electrons. The summed E-state index contributed by atoms with van der Waals surface area (Å²) in [6, 6.07) is 9.15. The Kier molecular flexibility index (Phi) is 7.08. The molecule has 2 heterocycles. The second-order valence-electron chi connectivity index (χ2n) is 6.63. The summed E-state index contributed by atoms with van der Waals surface area (Å²) < 4.78 is 11.8. The molecule has 4 N–H and O–H groups in total. The number of nitrogen functional groups attached to an aromatic ring is 1. The van der Waals surface area contributed by atoms with Crippen molar-refractivity contribution in [3.05, 3.63) is 58.5 Å². The summed E-state index contributed by atoms with van der Waals surface area (Å²) in [5.74, 6) is -0.154. The van der Waals surface area contributed by atoms with Crippen molar-refractivity contribution < 1.29 is 19.4 Å². The van der Waals surface area contributed by atoms with Gasteiger partial charge in [0.25, 0.3) is 5.91 Å². The van der Waals surface area contributed by atoms with Gasteiger partial charge in [0.15, 0.2) is 5.76 Å². The lowest BCUT2D eigenvalue weighted by Gasteiger charge is -2.36. The topological polar surface area (TPSA) is 93.8 Å². The molecular formula is C21H26N2O4S. The zero-order valence-corrected chi connectivity index (χ0v) is 16.7. The average molecular weight is 403 g/mol. The predicted octanol–water partition coefficient (Wildman–Crippen LogP) is 3.72. The number of nitrogens with one attached hydrogen (secondary N) is 1. The predicted molar refractivity (Wildman–Crippen MR) is 111 cm³/mol. The highest BCUT2D eigenvalue weighted by atomic mass is 32.1. The second-order valence-corrected chi connectivity index (χ2v) is 7.41. The van der Waals surface area contributed by atoms with E-state index in [4.69, 9.17) is 15.2 Å². The van der Waals surface area contributed by atoms with Crippen LogP contribution in [0.25, 0.3) is 0 Å². The van der Waals surface area contributed by atoms with Gasteiger partial charge in [-0.1, -0.05) is 12.1 Å². The molecule has 1 aliphatic heterocycles. The van der Waals surface area contributed by atoms with Gasteiger partial charge in [0.2, 0.25) is 6.29 Å². The van der Waals surface area contributed by atoms with Gasteiger partial charge in [-0.25, -0.2) is 0 Å². The number of para-hydroxylation sites is 2. The van der Waals surface area contributed by atoms with E-state index in [9.17, 15) is 9.90 Å². The van der Waals surface area contributed by atoms with Crippen molar-refractivity contribution in [3.63, 3.8) is 0 Å². The Hall–Kier alpha value is -2.35. The molecular weight excluding hydrogens is 376 g/mol. The van der Waals surface area contributed by atoms with E-state index in [1.807, 2.05) is 30.5 Å². The van der Waals surface area contributed by atoms with Crippen molar-refractivity contribution in [2.24, 2.45) is 5.92 Å². The molecule has 3 atom stereocenters. The molecule has 7 heteroatoms. The highest BCUT2D eigenvalue weighted by Gasteiger charge is 2.38. The third-order valence-electron chi connectivity index (χ3n) is 4.77. The zero-order chi connectivity index (χ0) is 19.9. The monoisotopic (exact) mass is 402 g/mol. The second kappa shape index (κ2) is 9.73. The van der Waals surface area contributed by atoms with Crippen LogP contribution in [0.15, 0.2) is 52.9 Å². The van der Waals surface area contributed by atoms with Crippen molar-refractivity contribution in [2.75, 3.05) is 24.3 Å². The number of thiophene rings is 1. The Bertz CT molecular complexity index is 806. The van der Waals surface area contributed by atoms with Crippen molar-refractivity contribution in [1.82, 2.24) is 0 Å². The van der Waals surface area contributed by atoms with Crippen LogP contribution in [0, 0.1) is 5.92 Å². The zero-order valence-electron chi connectivity index (χ0n) is 15.8. The van der Waals surface area contributed by atoms with Crippen LogP contribution >= 0.6 is 11.3 Å². The first-order valence-electron chi connectivity index (χ1n) is 9.43. The van der Waals surface area contributed by atoms with Gasteiger partial charge in [-0.2, -0.15) is 11.3 Å². The van der Waals surface area contributed by atoms with Crippen molar-refractivity contribution in [2.45, 2.75) is 32.0 Å². The number of ether oxygens (including phenoxy) is 2. The fraction of sp³-hybridized carbons (Fsp3) is 0.381. The fourth-order valence-corrected chi connectivity index (χ4v) is 4.11. The molecule has 2 aromatic rings. The number of carbonyl (C=O) groups is 1. The van der Waals surface area contributed by atoms with E-state index in [0.717, 1.165) is 12.0 Å². The minimum atomic E-state index is -0.555. The van der Waals surface area contributed by atoms with E-state index in [0.29, 0.717) is 24.4 Å². The van der Waals surface area contributed by atoms with Crippen molar-refractivity contribution in [1.29, 1.82) is 0 Å². The standard InChI is InChI=1S/C21H26N2O4S/c1-2-26-21-15(6-5-10-24)16(14-9-11-28-13-14)12-19(27-21)20(25)23-18-8-4-3-7-17(18)22/h3-4,7-9,11-13,15-16,21,24H,2,5-6,10,22H2,1H3,(H,23,25)/t15-,16-,21-/m1/s1. The van der Waals surface area contributed by atoms with Crippen LogP contribution in [0.2, 0.25) is 0 Å². The molecule has 3 rings (SSSR count). The van der Waals surface area contributed by atoms with Gasteiger partial charge in [-0.3, -0.25) is 4.79 Å². The lowest BCUT2D eigenvalue weighted by molar-refractivity contribution is -0.164. The maximum atomic E-state index is 12.9. The Balaban J connectivity index is 1.89. The van der Waals surface area contributed by atoms with Gasteiger partial charge < -0.3 is 25.6 Å². The maximum Gasteiger partial charge on any atom is 0.290 e. The summed E-state index contributed by atoms with van der Waals surface area (Å²) in [5.41, 5.74) is 8.08. The SMILES string of the molecule is CCO[C@@H]1OC(C(=O)Nc2ccccc2N)=C[C@H](c2ccsc2)[C@H]1CCCO. The quantitative estimate of drug-likeness (QED) is 0.585. The summed E-state index contributed by atoms with van der Waals surface area (Å²) in [6.45, 7) is 2.47. The van der Waals surface area contributed by atoms with Gasteiger partial charge in [0.1, 0.15) is 0 Å². The van der Waals surface area contributed by atoms with Gasteiger partial charge in [-0.05, 0) is 60.4 Å². The smallest absolute Gasteiger partial charge is 0.290 e. The molecule has 1 aromatic carbocycles. The number of hydrogen-bond acceptors (Lipinski definition) is 6. The van der Waals surface area contributed by atoms with Crippen molar-refractivity contribution in [3.8, 4) is 0 Å². The third-order valence-corrected chi connectivity index (χ3v) is 5.47. The molecule has 1 aromatic heterocycles. The summed E-state index contributed by atoms with van der Waals surface area (Å²) in [5, 5.41) is 16.2. The van der Waals surface area contributed by atoms with Crippen molar-refractivity contribution >= 4 is 28.6 Å². The van der Waals surface area contributed by atoms with Gasteiger partial charge >= 0.3 is 0 Å². The number of rotatable bonds is 8. The van der Waals surface area contributed by atoms with E-state index in [1.54, 1.807) is 23.5 Å². The van der Waals surface area contributed by atoms with E-state index < -0.39 is 6.29 Å². The van der Waals surface area contributed by atoms with Crippen LogP contribution in [0.1, 0.15) is 31.2 Å². The van der Waals surface area contributed by atoms with Gasteiger partial charge in [0.05, 0.1) is 11.4 Å². The highest BCUT2D eigenvalue weighted by molar-refractivity contribution is 7.08. The number of carbonyl (C=O) groups excluding carboxylic acids is 1. The highest BCUT2D eigenvalue weighted by Crippen LogP contribution is 2.40. The summed E-state index contributed by atoms with van der Waals surface area (Å²) in [4.78, 5) is 12.9. The molecule has 0 saturated carbocycles. The van der Waals surface area contributed by atoms with Crippen LogP contribution in [0.5, 0.6) is 0 Å². The number of aliphatic hydroxyl groups excluding tert-OH is 1. The fourth-order valence-electron chi connectivity index (χ4n) is 3.40. The summed E-state index contributed by atoms with van der Waals surface area (Å²) >= 11 is 1.61. The van der Waals surface area contributed by atoms with Crippen LogP contribution in [-0.2, 0) is 14.3 Å². The maximum absolute atomic E-state index is 12.9. The van der Waals surface area contributed by atoms with Gasteiger partial charge in [0, 0.05) is 25.0 Å². The number of nitrogens with two attached hydrogens (primary N) is 1. The molecule has 28 heavy (non-hydrogen) atoms. The number of hydrogen-bond donors (Lipinski definition) is 3. The van der Waals surface area contributed by atoms with Gasteiger partial charge in [-0.15, -0.1) is 0 Å². The molecule has 0 unspecified atom stereocenters. The molecule has 0 aliphatic carbocycles. The molecule has 1 aliphatic rings. The first kappa shape index (κ1) is 20.4. The summed E-state index contributed by atoms with van der Waals surface area (Å²) in [6.07, 6.45) is 2.68. The van der Waals surface area contributed by atoms with Crippen LogP contribution in [0.4, 0.5) is 11.4 Å². The van der Waals surface area contributed by atoms with Crippen LogP contribution < -0.4 is 11.1 Å². The lowest BCUT2D eigenvalue weighted by atomic mass is 9.81. The molecule has 0 bridgehead atoms. The Morgan fingerprint density at radius 3 is 2.86 bits per heavy atom. The largest absolute Gasteiger partial charge is 0.459 e. The number of amides is 1. The van der Waals surface area contributed by atoms with E-state index in [2.05, 4.69) is 16.8 Å². The molecule has 0 fully saturated rings. The third kappa shape index (κ3) is 4.73. The Labute approximate surface area is 169 Å². The molecule has 1 amide bonds. The normalized spacial score (nSPS) is 21.6. The number of allylic oxidation sites excluding steroid dienone is 1. The number of aliphatic hydroxyl groups is 1. The van der Waals surface area contributed by atoms with E-state index in [1.165, 1.54) is 0 Å². The minimum Gasteiger partial charge on any atom is -0.459 e. The average Bonchev–Trinajstić information content (AvgIpc) is 3.23. The first-order valence-corrected chi connectivity index (χ1v) is 10.4. The molecule has 0 spiro atoms. The Morgan fingerprint density at radius 2 is 2.18 bits per heavy atom. The number of benzene rings is 1. The summed E-state index contributed by atoms with van der Waals surface area (Å²) in [7, 11) is 0. The Morgan fingerprint density at radius 1 is 1.36 bits per heavy atom. The van der Waals surface area contributed by atoms with E-state index in [-0.39, 0.29) is 30.1 Å². The minimum absolute atomic E-state index is 0.0139. The molecule has 0 saturated heterocycles. The number of anilines is 2. The molecule has 6 nitrogen and oxygen atoms in total.